The molecule has 1 aromatic heterocycles. The zero-order chi connectivity index (χ0) is 15.1. The van der Waals surface area contributed by atoms with Crippen molar-refractivity contribution in [3.8, 4) is 0 Å². The van der Waals surface area contributed by atoms with Crippen LogP contribution >= 0.6 is 23.6 Å². The van der Waals surface area contributed by atoms with Gasteiger partial charge in [-0.15, -0.1) is 15.9 Å². The molecule has 20 heavy (non-hydrogen) atoms. The van der Waals surface area contributed by atoms with Gasteiger partial charge in [0.15, 0.2) is 0 Å². The van der Waals surface area contributed by atoms with Crippen molar-refractivity contribution >= 4 is 35.4 Å². The van der Waals surface area contributed by atoms with Crippen LogP contribution in [0.1, 0.15) is 11.3 Å². The second kappa shape index (κ2) is 8.40. The van der Waals surface area contributed by atoms with Crippen LogP contribution in [0.5, 0.6) is 0 Å². The highest BCUT2D eigenvalue weighted by molar-refractivity contribution is 7.94. The number of hydrogen-bond acceptors (Lipinski definition) is 7. The van der Waals surface area contributed by atoms with E-state index in [0.29, 0.717) is 16.4 Å². The van der Waals surface area contributed by atoms with Crippen LogP contribution in [0, 0.1) is 13.8 Å². The lowest BCUT2D eigenvalue weighted by atomic mass is 10.2. The van der Waals surface area contributed by atoms with Crippen LogP contribution in [-0.4, -0.2) is 35.2 Å². The predicted molar refractivity (Wildman–Crippen MR) is 74.5 cm³/mol. The van der Waals surface area contributed by atoms with Crippen LogP contribution < -0.4 is 5.32 Å². The van der Waals surface area contributed by atoms with Crippen LogP contribution in [0.3, 0.4) is 0 Å². The van der Waals surface area contributed by atoms with E-state index in [0.717, 1.165) is 17.6 Å². The molecule has 1 heterocycles. The summed E-state index contributed by atoms with van der Waals surface area (Å²) in [6.45, 7) is 3.55. The molecule has 0 fully saturated rings. The zero-order valence-electron chi connectivity index (χ0n) is 11.2. The zero-order valence-corrected chi connectivity index (χ0v) is 12.7. The molecule has 1 atom stereocenters. The Morgan fingerprint density at radius 3 is 2.80 bits per heavy atom. The van der Waals surface area contributed by atoms with Gasteiger partial charge in [0.25, 0.3) is 5.91 Å². The summed E-state index contributed by atoms with van der Waals surface area (Å²) in [4.78, 5) is 16.7. The van der Waals surface area contributed by atoms with E-state index in [4.69, 9.17) is 21.6 Å². The summed E-state index contributed by atoms with van der Waals surface area (Å²) >= 11 is 6.43. The Labute approximate surface area is 125 Å². The molecule has 0 radical (unpaired) electrons. The molecule has 1 aromatic rings. The SMILES string of the molecule is COC(CCl)C(=O)Nc1cc(C)c(SOOO)c(C)n1. The maximum absolute atomic E-state index is 11.8. The van der Waals surface area contributed by atoms with Crippen LogP contribution in [0.25, 0.3) is 0 Å². The van der Waals surface area contributed by atoms with Crippen LogP contribution in [-0.2, 0) is 18.9 Å². The highest BCUT2D eigenvalue weighted by Gasteiger charge is 2.18. The number of rotatable bonds is 7. The molecule has 0 aliphatic heterocycles. The summed E-state index contributed by atoms with van der Waals surface area (Å²) in [6, 6.07) is 1.66. The second-order valence-electron chi connectivity index (χ2n) is 3.83. The van der Waals surface area contributed by atoms with E-state index in [1.807, 2.05) is 6.92 Å². The van der Waals surface area contributed by atoms with Crippen molar-refractivity contribution < 1.29 is 24.2 Å². The van der Waals surface area contributed by atoms with Crippen molar-refractivity contribution in [3.05, 3.63) is 17.3 Å². The molecule has 112 valence electrons. The third kappa shape index (κ3) is 4.58. The fourth-order valence-electron chi connectivity index (χ4n) is 1.51. The summed E-state index contributed by atoms with van der Waals surface area (Å²) in [5.41, 5.74) is 1.41. The number of halogens is 1. The number of carbonyl (C=O) groups is 1. The fraction of sp³-hybridized carbons (Fsp3) is 0.455. The van der Waals surface area contributed by atoms with Crippen molar-refractivity contribution in [3.63, 3.8) is 0 Å². The van der Waals surface area contributed by atoms with Crippen LogP contribution in [0.15, 0.2) is 11.0 Å². The minimum Gasteiger partial charge on any atom is -0.370 e. The minimum atomic E-state index is -0.737. The molecule has 0 aromatic carbocycles. The minimum absolute atomic E-state index is 0.0515. The van der Waals surface area contributed by atoms with Crippen molar-refractivity contribution in [1.82, 2.24) is 4.98 Å². The van der Waals surface area contributed by atoms with E-state index in [1.54, 1.807) is 13.0 Å². The Balaban J connectivity index is 2.85. The van der Waals surface area contributed by atoms with Gasteiger partial charge in [0.05, 0.1) is 28.5 Å². The smallest absolute Gasteiger partial charge is 0.255 e. The van der Waals surface area contributed by atoms with Gasteiger partial charge in [-0.3, -0.25) is 4.79 Å². The molecule has 0 saturated heterocycles. The van der Waals surface area contributed by atoms with Crippen LogP contribution in [0.2, 0.25) is 0 Å². The molecule has 0 spiro atoms. The van der Waals surface area contributed by atoms with E-state index in [-0.39, 0.29) is 11.8 Å². The van der Waals surface area contributed by atoms with E-state index < -0.39 is 6.10 Å². The molecule has 7 nitrogen and oxygen atoms in total. The topological polar surface area (TPSA) is 89.9 Å². The van der Waals surface area contributed by atoms with Gasteiger partial charge in [0.2, 0.25) is 0 Å². The van der Waals surface area contributed by atoms with Gasteiger partial charge in [-0.05, 0) is 25.5 Å². The van der Waals surface area contributed by atoms with Gasteiger partial charge in [0.1, 0.15) is 11.9 Å². The summed E-state index contributed by atoms with van der Waals surface area (Å²) < 4.78 is 9.31. The Hall–Kier alpha value is -0.900. The van der Waals surface area contributed by atoms with E-state index in [9.17, 15) is 4.79 Å². The van der Waals surface area contributed by atoms with Crippen molar-refractivity contribution in [2.75, 3.05) is 18.3 Å². The number of aromatic nitrogens is 1. The average molecular weight is 323 g/mol. The first-order valence-corrected chi connectivity index (χ1v) is 6.83. The number of pyridine rings is 1. The fourth-order valence-corrected chi connectivity index (χ4v) is 2.23. The molecular weight excluding hydrogens is 308 g/mol. The van der Waals surface area contributed by atoms with E-state index >= 15 is 0 Å². The lowest BCUT2D eigenvalue weighted by Gasteiger charge is -2.14. The lowest BCUT2D eigenvalue weighted by molar-refractivity contribution is -0.432. The van der Waals surface area contributed by atoms with E-state index in [2.05, 4.69) is 19.7 Å². The summed E-state index contributed by atoms with van der Waals surface area (Å²) in [5.74, 6) is 0.0613. The Morgan fingerprint density at radius 2 is 2.30 bits per heavy atom. The highest BCUT2D eigenvalue weighted by Crippen LogP contribution is 2.27. The van der Waals surface area contributed by atoms with E-state index in [1.165, 1.54) is 7.11 Å². The Bertz CT molecular complexity index is 447. The number of ether oxygens (including phenoxy) is 1. The third-order valence-electron chi connectivity index (χ3n) is 2.44. The second-order valence-corrected chi connectivity index (χ2v) is 4.85. The lowest BCUT2D eigenvalue weighted by Crippen LogP contribution is -2.31. The quantitative estimate of drug-likeness (QED) is 0.344. The van der Waals surface area contributed by atoms with Gasteiger partial charge in [-0.2, -0.15) is 0 Å². The number of amides is 1. The predicted octanol–water partition coefficient (Wildman–Crippen LogP) is 2.32. The maximum Gasteiger partial charge on any atom is 0.255 e. The molecule has 0 aliphatic carbocycles. The molecule has 0 aliphatic rings. The molecular formula is C11H15ClN2O5S. The number of carbonyl (C=O) groups excluding carboxylic acids is 1. The molecule has 0 bridgehead atoms. The number of aryl methyl sites for hydroxylation is 2. The average Bonchev–Trinajstić information content (AvgIpc) is 2.39. The summed E-state index contributed by atoms with van der Waals surface area (Å²) in [6.07, 6.45) is -0.737. The number of methoxy groups -OCH3 is 1. The normalized spacial score (nSPS) is 12.2. The first-order valence-electron chi connectivity index (χ1n) is 5.56. The molecule has 0 saturated carbocycles. The summed E-state index contributed by atoms with van der Waals surface area (Å²) in [5, 5.41) is 14.3. The van der Waals surface area contributed by atoms with Crippen LogP contribution in [0.4, 0.5) is 5.82 Å². The number of nitrogens with zero attached hydrogens (tertiary/aromatic N) is 1. The summed E-state index contributed by atoms with van der Waals surface area (Å²) in [7, 11) is 1.41. The number of alkyl halides is 1. The van der Waals surface area contributed by atoms with Gasteiger partial charge < -0.3 is 10.1 Å². The molecule has 2 N–H and O–H groups in total. The van der Waals surface area contributed by atoms with Gasteiger partial charge >= 0.3 is 0 Å². The van der Waals surface area contributed by atoms with Gasteiger partial charge in [-0.1, -0.05) is 5.04 Å². The third-order valence-corrected chi connectivity index (χ3v) is 3.64. The first kappa shape index (κ1) is 17.2. The Kier molecular flexibility index (Phi) is 7.20. The first-order chi connectivity index (χ1) is 9.53. The Morgan fingerprint density at radius 1 is 1.60 bits per heavy atom. The van der Waals surface area contributed by atoms with Crippen molar-refractivity contribution in [2.24, 2.45) is 0 Å². The molecule has 1 amide bonds. The molecule has 1 rings (SSSR count). The highest BCUT2D eigenvalue weighted by atomic mass is 35.5. The standard InChI is InChI=1S/C11H15ClN2O5S/c1-6-4-9(14-11(15)8(5-12)17-3)13-7(2)10(6)20-19-18-16/h4,8,16H,5H2,1-3H3,(H,13,14,15). The van der Waals surface area contributed by atoms with Crippen molar-refractivity contribution in [1.29, 1.82) is 0 Å². The van der Waals surface area contributed by atoms with Crippen molar-refractivity contribution in [2.45, 2.75) is 24.8 Å². The molecule has 1 unspecified atom stereocenters. The number of nitrogens with one attached hydrogen (secondary N) is 1. The maximum atomic E-state index is 11.8. The number of anilines is 1. The molecule has 9 heteroatoms. The monoisotopic (exact) mass is 322 g/mol. The largest absolute Gasteiger partial charge is 0.370 e. The van der Waals surface area contributed by atoms with Gasteiger partial charge in [0, 0.05) is 7.11 Å². The number of hydrogen-bond donors (Lipinski definition) is 2. The van der Waals surface area contributed by atoms with Gasteiger partial charge in [-0.25, -0.2) is 10.2 Å².